The van der Waals surface area contributed by atoms with Crippen LogP contribution in [0, 0.1) is 0 Å². The highest BCUT2D eigenvalue weighted by Crippen LogP contribution is 2.01. The Morgan fingerprint density at radius 3 is 2.57 bits per heavy atom. The van der Waals surface area contributed by atoms with Gasteiger partial charge in [0.25, 0.3) is 0 Å². The molecule has 0 amide bonds. The van der Waals surface area contributed by atoms with Crippen LogP contribution in [0.25, 0.3) is 6.08 Å². The molecule has 1 rings (SSSR count). The first-order chi connectivity index (χ1) is 6.83. The zero-order chi connectivity index (χ0) is 10.2. The Kier molecular flexibility index (Phi) is 4.29. The standard InChI is InChI=1S/C13H14O/c1-12(14-2)8-6-7-11-13-9-4-3-5-10-13/h3-11H,1H2,2H3/b8-6+,11-7+. The molecule has 0 saturated carbocycles. The molecule has 1 aromatic rings. The highest BCUT2D eigenvalue weighted by Gasteiger charge is 1.81. The number of hydrogen-bond donors (Lipinski definition) is 0. The van der Waals surface area contributed by atoms with Crippen LogP contribution in [0.2, 0.25) is 0 Å². The minimum atomic E-state index is 0.655. The normalized spacial score (nSPS) is 10.9. The Morgan fingerprint density at radius 1 is 1.21 bits per heavy atom. The third kappa shape index (κ3) is 3.76. The van der Waals surface area contributed by atoms with Gasteiger partial charge < -0.3 is 4.74 Å². The van der Waals surface area contributed by atoms with Gasteiger partial charge in [-0.3, -0.25) is 0 Å². The Bertz CT molecular complexity index is 334. The molecule has 0 aliphatic heterocycles. The molecule has 0 aromatic heterocycles. The molecule has 0 radical (unpaired) electrons. The summed E-state index contributed by atoms with van der Waals surface area (Å²) in [5, 5.41) is 0. The third-order valence-corrected chi connectivity index (χ3v) is 1.74. The molecule has 1 aromatic carbocycles. The molecule has 0 aliphatic rings. The van der Waals surface area contributed by atoms with Crippen LogP contribution in [0.5, 0.6) is 0 Å². The molecule has 0 heterocycles. The lowest BCUT2D eigenvalue weighted by Crippen LogP contribution is -1.75. The average Bonchev–Trinajstić information content (AvgIpc) is 2.25. The second-order valence-electron chi connectivity index (χ2n) is 2.80. The second-order valence-corrected chi connectivity index (χ2v) is 2.80. The Labute approximate surface area is 85.0 Å². The first kappa shape index (κ1) is 10.3. The summed E-state index contributed by atoms with van der Waals surface area (Å²) in [7, 11) is 1.60. The molecule has 0 unspecified atom stereocenters. The highest BCUT2D eigenvalue weighted by molar-refractivity contribution is 5.50. The maximum atomic E-state index is 4.89. The summed E-state index contributed by atoms with van der Waals surface area (Å²) in [6, 6.07) is 10.1. The summed E-state index contributed by atoms with van der Waals surface area (Å²) in [4.78, 5) is 0. The predicted molar refractivity (Wildman–Crippen MR) is 60.8 cm³/mol. The summed E-state index contributed by atoms with van der Waals surface area (Å²) in [5.41, 5.74) is 1.18. The number of hydrogen-bond acceptors (Lipinski definition) is 1. The van der Waals surface area contributed by atoms with Crippen molar-refractivity contribution >= 4 is 6.08 Å². The van der Waals surface area contributed by atoms with Crippen molar-refractivity contribution in [3.8, 4) is 0 Å². The molecule has 0 spiro atoms. The van der Waals surface area contributed by atoms with Crippen molar-refractivity contribution in [1.29, 1.82) is 0 Å². The van der Waals surface area contributed by atoms with Gasteiger partial charge >= 0.3 is 0 Å². The van der Waals surface area contributed by atoms with E-state index in [0.29, 0.717) is 5.76 Å². The Hall–Kier alpha value is -1.76. The van der Waals surface area contributed by atoms with Gasteiger partial charge in [-0.15, -0.1) is 0 Å². The maximum absolute atomic E-state index is 4.89. The van der Waals surface area contributed by atoms with Gasteiger partial charge in [-0.1, -0.05) is 55.1 Å². The summed E-state index contributed by atoms with van der Waals surface area (Å²) < 4.78 is 4.89. The van der Waals surface area contributed by atoms with E-state index in [4.69, 9.17) is 4.74 Å². The number of ether oxygens (including phenoxy) is 1. The molecule has 0 bridgehead atoms. The van der Waals surface area contributed by atoms with Crippen molar-refractivity contribution in [1.82, 2.24) is 0 Å². The van der Waals surface area contributed by atoms with Crippen LogP contribution >= 0.6 is 0 Å². The van der Waals surface area contributed by atoms with Crippen molar-refractivity contribution in [2.45, 2.75) is 0 Å². The van der Waals surface area contributed by atoms with Gasteiger partial charge in [0.05, 0.1) is 7.11 Å². The lowest BCUT2D eigenvalue weighted by atomic mass is 10.2. The third-order valence-electron chi connectivity index (χ3n) is 1.74. The quantitative estimate of drug-likeness (QED) is 0.517. The Morgan fingerprint density at radius 2 is 1.93 bits per heavy atom. The molecular formula is C13H14O. The largest absolute Gasteiger partial charge is 0.497 e. The smallest absolute Gasteiger partial charge is 0.111 e. The minimum absolute atomic E-state index is 0.655. The first-order valence-electron chi connectivity index (χ1n) is 4.45. The van der Waals surface area contributed by atoms with Crippen LogP contribution in [0.4, 0.5) is 0 Å². The van der Waals surface area contributed by atoms with Gasteiger partial charge in [-0.05, 0) is 11.6 Å². The van der Waals surface area contributed by atoms with Crippen molar-refractivity contribution < 1.29 is 4.74 Å². The lowest BCUT2D eigenvalue weighted by molar-refractivity contribution is 0.309. The SMILES string of the molecule is C=C(/C=C/C=C/c1ccccc1)OC. The zero-order valence-corrected chi connectivity index (χ0v) is 8.31. The van der Waals surface area contributed by atoms with E-state index >= 15 is 0 Å². The van der Waals surface area contributed by atoms with E-state index < -0.39 is 0 Å². The topological polar surface area (TPSA) is 9.23 Å². The van der Waals surface area contributed by atoms with Crippen molar-refractivity contribution in [2.75, 3.05) is 7.11 Å². The molecule has 0 fully saturated rings. The molecular weight excluding hydrogens is 172 g/mol. The number of allylic oxidation sites excluding steroid dienone is 3. The van der Waals surface area contributed by atoms with Crippen LogP contribution in [0.1, 0.15) is 5.56 Å². The van der Waals surface area contributed by atoms with Crippen molar-refractivity contribution in [3.05, 3.63) is 66.5 Å². The van der Waals surface area contributed by atoms with E-state index in [1.807, 2.05) is 42.5 Å². The van der Waals surface area contributed by atoms with Crippen LogP contribution in [-0.4, -0.2) is 7.11 Å². The first-order valence-corrected chi connectivity index (χ1v) is 4.45. The number of rotatable bonds is 4. The van der Waals surface area contributed by atoms with Gasteiger partial charge in [0.2, 0.25) is 0 Å². The predicted octanol–water partition coefficient (Wildman–Crippen LogP) is 3.42. The van der Waals surface area contributed by atoms with Crippen LogP contribution in [0.3, 0.4) is 0 Å². The molecule has 0 atom stereocenters. The van der Waals surface area contributed by atoms with E-state index in [1.165, 1.54) is 5.56 Å². The Balaban J connectivity index is 2.50. The lowest BCUT2D eigenvalue weighted by Gasteiger charge is -1.93. The number of benzene rings is 1. The van der Waals surface area contributed by atoms with Gasteiger partial charge in [0.15, 0.2) is 0 Å². The fraction of sp³-hybridized carbons (Fsp3) is 0.0769. The fourth-order valence-electron chi connectivity index (χ4n) is 0.962. The molecule has 0 saturated heterocycles. The monoisotopic (exact) mass is 186 g/mol. The number of methoxy groups -OCH3 is 1. The van der Waals surface area contributed by atoms with E-state index in [-0.39, 0.29) is 0 Å². The van der Waals surface area contributed by atoms with Crippen LogP contribution in [-0.2, 0) is 4.74 Å². The maximum Gasteiger partial charge on any atom is 0.111 e. The highest BCUT2D eigenvalue weighted by atomic mass is 16.5. The molecule has 1 heteroatoms. The minimum Gasteiger partial charge on any atom is -0.497 e. The van der Waals surface area contributed by atoms with Gasteiger partial charge in [0.1, 0.15) is 5.76 Å². The molecule has 0 N–H and O–H groups in total. The average molecular weight is 186 g/mol. The summed E-state index contributed by atoms with van der Waals surface area (Å²) >= 11 is 0. The molecule has 72 valence electrons. The van der Waals surface area contributed by atoms with Crippen LogP contribution in [0.15, 0.2) is 60.9 Å². The van der Waals surface area contributed by atoms with Gasteiger partial charge in [-0.25, -0.2) is 0 Å². The second kappa shape index (κ2) is 5.81. The molecule has 14 heavy (non-hydrogen) atoms. The van der Waals surface area contributed by atoms with Gasteiger partial charge in [-0.2, -0.15) is 0 Å². The van der Waals surface area contributed by atoms with Gasteiger partial charge in [0, 0.05) is 0 Å². The van der Waals surface area contributed by atoms with E-state index in [0.717, 1.165) is 0 Å². The zero-order valence-electron chi connectivity index (χ0n) is 8.31. The summed E-state index contributed by atoms with van der Waals surface area (Å²) in [5.74, 6) is 0.655. The molecule has 0 aliphatic carbocycles. The van der Waals surface area contributed by atoms with E-state index in [2.05, 4.69) is 18.7 Å². The summed E-state index contributed by atoms with van der Waals surface area (Å²) in [6.07, 6.45) is 7.71. The molecule has 1 nitrogen and oxygen atoms in total. The van der Waals surface area contributed by atoms with Crippen LogP contribution < -0.4 is 0 Å². The van der Waals surface area contributed by atoms with E-state index in [9.17, 15) is 0 Å². The van der Waals surface area contributed by atoms with E-state index in [1.54, 1.807) is 7.11 Å². The van der Waals surface area contributed by atoms with Crippen molar-refractivity contribution in [2.24, 2.45) is 0 Å². The van der Waals surface area contributed by atoms with Crippen molar-refractivity contribution in [3.63, 3.8) is 0 Å². The summed E-state index contributed by atoms with van der Waals surface area (Å²) in [6.45, 7) is 3.67. The fourth-order valence-corrected chi connectivity index (χ4v) is 0.962.